The van der Waals surface area contributed by atoms with Crippen molar-refractivity contribution in [2.75, 3.05) is 6.54 Å². The number of hydrogen-bond donors (Lipinski definition) is 3. The smallest absolute Gasteiger partial charge is 0.339 e. The highest BCUT2D eigenvalue weighted by Gasteiger charge is 2.11. The number of rotatable bonds is 3. The summed E-state index contributed by atoms with van der Waals surface area (Å²) in [5, 5.41) is 17.3. The number of aromatic carboxylic acids is 1. The van der Waals surface area contributed by atoms with Gasteiger partial charge in [-0.25, -0.2) is 4.79 Å². The molecule has 0 spiro atoms. The Morgan fingerprint density at radius 3 is 2.35 bits per heavy atom. The van der Waals surface area contributed by atoms with Crippen molar-refractivity contribution in [3.05, 3.63) is 71.3 Å². The largest absolute Gasteiger partial charge is 0.507 e. The fraction of sp³-hybridized carbons (Fsp3) is 0.167. The molecule has 0 unspecified atom stereocenters. The molecule has 5 heteroatoms. The molecule has 0 saturated carbocycles. The molecular formula is C18H20ClNO3. The summed E-state index contributed by atoms with van der Waals surface area (Å²) < 4.78 is 0. The minimum atomic E-state index is -1.11. The minimum absolute atomic E-state index is 0. The summed E-state index contributed by atoms with van der Waals surface area (Å²) in [7, 11) is 0. The number of carboxylic acid groups (broad SMARTS) is 1. The van der Waals surface area contributed by atoms with Crippen molar-refractivity contribution in [2.24, 2.45) is 5.73 Å². The summed E-state index contributed by atoms with van der Waals surface area (Å²) in [6.45, 7) is 0.750. The maximum absolute atomic E-state index is 10.3. The molecular weight excluding hydrogens is 314 g/mol. The van der Waals surface area contributed by atoms with E-state index in [1.807, 2.05) is 0 Å². The molecule has 4 N–H and O–H groups in total. The second-order valence-corrected chi connectivity index (χ2v) is 4.95. The number of carbonyl (C=O) groups is 1. The molecule has 2 aromatic rings. The molecule has 0 heterocycles. The second kappa shape index (κ2) is 8.98. The molecule has 0 fully saturated rings. The second-order valence-electron chi connectivity index (χ2n) is 4.95. The third-order valence-corrected chi connectivity index (χ3v) is 3.48. The number of aromatic hydroxyl groups is 1. The van der Waals surface area contributed by atoms with Crippen LogP contribution in [0.2, 0.25) is 0 Å². The van der Waals surface area contributed by atoms with Gasteiger partial charge in [0.1, 0.15) is 11.3 Å². The van der Waals surface area contributed by atoms with Crippen LogP contribution in [0.4, 0.5) is 0 Å². The minimum Gasteiger partial charge on any atom is -0.507 e. The SMILES string of the molecule is Cl.NCCC1=CCc2ccccc21.O=C(O)c1ccccc1O. The Morgan fingerprint density at radius 1 is 1.09 bits per heavy atom. The molecule has 4 nitrogen and oxygen atoms in total. The lowest BCUT2D eigenvalue weighted by atomic mass is 10.0. The van der Waals surface area contributed by atoms with Gasteiger partial charge >= 0.3 is 5.97 Å². The van der Waals surface area contributed by atoms with E-state index >= 15 is 0 Å². The highest BCUT2D eigenvalue weighted by Crippen LogP contribution is 2.28. The van der Waals surface area contributed by atoms with Gasteiger partial charge in [-0.1, -0.05) is 42.5 Å². The highest BCUT2D eigenvalue weighted by molar-refractivity contribution is 5.90. The lowest BCUT2D eigenvalue weighted by molar-refractivity contribution is 0.0693. The average Bonchev–Trinajstić information content (AvgIpc) is 2.92. The number of halogens is 1. The predicted octanol–water partition coefficient (Wildman–Crippen LogP) is 3.49. The van der Waals surface area contributed by atoms with Crippen molar-refractivity contribution in [3.8, 4) is 5.75 Å². The Labute approximate surface area is 141 Å². The quantitative estimate of drug-likeness (QED) is 0.802. The Hall–Kier alpha value is -2.30. The van der Waals surface area contributed by atoms with Crippen LogP contribution in [0, 0.1) is 0 Å². The van der Waals surface area contributed by atoms with Crippen LogP contribution in [0.15, 0.2) is 54.6 Å². The van der Waals surface area contributed by atoms with Crippen LogP contribution in [-0.4, -0.2) is 22.7 Å². The van der Waals surface area contributed by atoms with Crippen molar-refractivity contribution in [2.45, 2.75) is 12.8 Å². The summed E-state index contributed by atoms with van der Waals surface area (Å²) in [5.41, 5.74) is 9.73. The van der Waals surface area contributed by atoms with Gasteiger partial charge in [0.25, 0.3) is 0 Å². The van der Waals surface area contributed by atoms with Crippen LogP contribution in [0.3, 0.4) is 0 Å². The average molecular weight is 334 g/mol. The van der Waals surface area contributed by atoms with Crippen LogP contribution < -0.4 is 5.73 Å². The van der Waals surface area contributed by atoms with Crippen molar-refractivity contribution in [1.29, 1.82) is 0 Å². The van der Waals surface area contributed by atoms with Crippen LogP contribution >= 0.6 is 12.4 Å². The summed E-state index contributed by atoms with van der Waals surface area (Å²) in [5.74, 6) is -1.31. The molecule has 0 radical (unpaired) electrons. The van der Waals surface area contributed by atoms with Gasteiger partial charge < -0.3 is 15.9 Å². The molecule has 2 aromatic carbocycles. The van der Waals surface area contributed by atoms with Crippen molar-refractivity contribution < 1.29 is 15.0 Å². The number of allylic oxidation sites excluding steroid dienone is 1. The standard InChI is InChI=1S/C11H13N.C7H6O3.ClH/c12-8-7-10-6-5-9-3-1-2-4-11(9)10;8-6-4-2-1-3-5(6)7(9)10;/h1-4,6H,5,7-8,12H2;1-4,8H,(H,9,10);1H. The number of hydrogen-bond acceptors (Lipinski definition) is 3. The number of carboxylic acids is 1. The number of fused-ring (bicyclic) bond motifs is 1. The first-order valence-electron chi connectivity index (χ1n) is 7.12. The van der Waals surface area contributed by atoms with Gasteiger partial charge in [-0.2, -0.15) is 0 Å². The number of phenols is 1. The number of para-hydroxylation sites is 1. The van der Waals surface area contributed by atoms with Gasteiger partial charge in [0.2, 0.25) is 0 Å². The summed E-state index contributed by atoms with van der Waals surface area (Å²) in [4.78, 5) is 10.3. The lowest BCUT2D eigenvalue weighted by Crippen LogP contribution is -1.98. The van der Waals surface area contributed by atoms with Crippen LogP contribution in [-0.2, 0) is 6.42 Å². The molecule has 0 saturated heterocycles. The zero-order chi connectivity index (χ0) is 15.9. The maximum Gasteiger partial charge on any atom is 0.339 e. The summed E-state index contributed by atoms with van der Waals surface area (Å²) >= 11 is 0. The predicted molar refractivity (Wildman–Crippen MR) is 94.1 cm³/mol. The van der Waals surface area contributed by atoms with E-state index in [-0.39, 0.29) is 23.7 Å². The third-order valence-electron chi connectivity index (χ3n) is 3.48. The van der Waals surface area contributed by atoms with E-state index in [9.17, 15) is 4.79 Å². The van der Waals surface area contributed by atoms with Crippen LogP contribution in [0.1, 0.15) is 27.9 Å². The molecule has 3 rings (SSSR count). The maximum atomic E-state index is 10.3. The van der Waals surface area contributed by atoms with Crippen molar-refractivity contribution in [1.82, 2.24) is 0 Å². The molecule has 0 aliphatic heterocycles. The Balaban J connectivity index is 0.000000224. The van der Waals surface area contributed by atoms with Crippen LogP contribution in [0.5, 0.6) is 5.75 Å². The first kappa shape index (κ1) is 18.7. The van der Waals surface area contributed by atoms with Gasteiger partial charge in [0, 0.05) is 0 Å². The van der Waals surface area contributed by atoms with Crippen LogP contribution in [0.25, 0.3) is 5.57 Å². The zero-order valence-electron chi connectivity index (χ0n) is 12.6. The van der Waals surface area contributed by atoms with E-state index in [0.717, 1.165) is 19.4 Å². The molecule has 1 aliphatic rings. The van der Waals surface area contributed by atoms with Gasteiger partial charge in [0.15, 0.2) is 0 Å². The Morgan fingerprint density at radius 2 is 1.74 bits per heavy atom. The third kappa shape index (κ3) is 4.84. The fourth-order valence-electron chi connectivity index (χ4n) is 2.40. The van der Waals surface area contributed by atoms with E-state index in [1.54, 1.807) is 12.1 Å². The summed E-state index contributed by atoms with van der Waals surface area (Å²) in [6, 6.07) is 14.4. The fourth-order valence-corrected chi connectivity index (χ4v) is 2.40. The Bertz CT molecular complexity index is 698. The highest BCUT2D eigenvalue weighted by atomic mass is 35.5. The van der Waals surface area contributed by atoms with E-state index in [4.69, 9.17) is 15.9 Å². The zero-order valence-corrected chi connectivity index (χ0v) is 13.4. The molecule has 0 aromatic heterocycles. The molecule has 122 valence electrons. The number of benzene rings is 2. The topological polar surface area (TPSA) is 83.6 Å². The molecule has 0 amide bonds. The Kier molecular flexibility index (Phi) is 7.32. The monoisotopic (exact) mass is 333 g/mol. The van der Waals surface area contributed by atoms with Gasteiger partial charge in [-0.05, 0) is 48.2 Å². The normalized spacial score (nSPS) is 11.4. The van der Waals surface area contributed by atoms with Gasteiger partial charge in [0.05, 0.1) is 0 Å². The first-order chi connectivity index (χ1) is 10.6. The van der Waals surface area contributed by atoms with Gasteiger partial charge in [-0.3, -0.25) is 0 Å². The molecule has 23 heavy (non-hydrogen) atoms. The van der Waals surface area contributed by atoms with Crippen molar-refractivity contribution >= 4 is 23.9 Å². The molecule has 0 bridgehead atoms. The van der Waals surface area contributed by atoms with E-state index in [1.165, 1.54) is 28.8 Å². The van der Waals surface area contributed by atoms with Gasteiger partial charge in [-0.15, -0.1) is 12.4 Å². The number of nitrogens with two attached hydrogens (primary N) is 1. The first-order valence-corrected chi connectivity index (χ1v) is 7.12. The van der Waals surface area contributed by atoms with E-state index < -0.39 is 5.97 Å². The lowest BCUT2D eigenvalue weighted by Gasteiger charge is -2.02. The summed E-state index contributed by atoms with van der Waals surface area (Å²) in [6.07, 6.45) is 4.39. The molecule has 1 aliphatic carbocycles. The molecule has 0 atom stereocenters. The van der Waals surface area contributed by atoms with E-state index in [0.29, 0.717) is 0 Å². The van der Waals surface area contributed by atoms with E-state index in [2.05, 4.69) is 30.3 Å². The van der Waals surface area contributed by atoms with Crippen molar-refractivity contribution in [3.63, 3.8) is 0 Å².